The summed E-state index contributed by atoms with van der Waals surface area (Å²) in [4.78, 5) is 11.7. The van der Waals surface area contributed by atoms with Gasteiger partial charge >= 0.3 is 6.18 Å². The van der Waals surface area contributed by atoms with Crippen molar-refractivity contribution in [2.75, 3.05) is 6.54 Å². The molecule has 20 heavy (non-hydrogen) atoms. The summed E-state index contributed by atoms with van der Waals surface area (Å²) in [7, 11) is 1.42. The normalized spacial score (nSPS) is 18.7. The van der Waals surface area contributed by atoms with Gasteiger partial charge in [0.05, 0.1) is 6.04 Å². The highest BCUT2D eigenvalue weighted by molar-refractivity contribution is 5.85. The Morgan fingerprint density at radius 3 is 2.85 bits per heavy atom. The molecule has 2 heterocycles. The van der Waals surface area contributed by atoms with Crippen LogP contribution < -0.4 is 10.6 Å². The number of amides is 1. The molecule has 1 amide bonds. The Morgan fingerprint density at radius 2 is 2.30 bits per heavy atom. The highest BCUT2D eigenvalue weighted by Crippen LogP contribution is 2.30. The zero-order valence-electron chi connectivity index (χ0n) is 10.8. The first kappa shape index (κ1) is 16.8. The van der Waals surface area contributed by atoms with Gasteiger partial charge in [0.2, 0.25) is 5.91 Å². The number of carbonyl (C=O) groups excluding carboxylic acids is 1. The molecule has 1 atom stereocenters. The standard InChI is InChI=1S/C11H15F3N4O.ClH/c1-18-6-7(9(17-18)11(12,13)14)5-16-10(19)8-3-2-4-15-8;/h6,8,15H,2-5H2,1H3,(H,16,19);1H. The van der Waals surface area contributed by atoms with E-state index in [9.17, 15) is 18.0 Å². The molecule has 1 fully saturated rings. The average Bonchev–Trinajstić information content (AvgIpc) is 2.93. The molecule has 2 rings (SSSR count). The first-order chi connectivity index (χ1) is 8.88. The SMILES string of the molecule is Cl.Cn1cc(CNC(=O)C2CCCN2)c(C(F)(F)F)n1. The van der Waals surface area contributed by atoms with Crippen molar-refractivity contribution in [3.63, 3.8) is 0 Å². The first-order valence-corrected chi connectivity index (χ1v) is 5.99. The summed E-state index contributed by atoms with van der Waals surface area (Å²) in [5, 5.41) is 8.88. The molecule has 0 aliphatic carbocycles. The van der Waals surface area contributed by atoms with Crippen LogP contribution >= 0.6 is 12.4 Å². The fraction of sp³-hybridized carbons (Fsp3) is 0.636. The maximum absolute atomic E-state index is 12.7. The molecule has 0 saturated carbocycles. The summed E-state index contributed by atoms with van der Waals surface area (Å²) < 4.78 is 39.2. The monoisotopic (exact) mass is 312 g/mol. The van der Waals surface area contributed by atoms with Gasteiger partial charge in [-0.15, -0.1) is 12.4 Å². The van der Waals surface area contributed by atoms with Gasteiger partial charge in [-0.3, -0.25) is 9.48 Å². The molecule has 0 radical (unpaired) electrons. The van der Waals surface area contributed by atoms with E-state index in [2.05, 4.69) is 15.7 Å². The lowest BCUT2D eigenvalue weighted by molar-refractivity contribution is -0.142. The first-order valence-electron chi connectivity index (χ1n) is 5.99. The molecule has 1 aromatic heterocycles. The Morgan fingerprint density at radius 1 is 1.60 bits per heavy atom. The minimum atomic E-state index is -4.51. The van der Waals surface area contributed by atoms with Crippen LogP contribution in [0.1, 0.15) is 24.1 Å². The zero-order chi connectivity index (χ0) is 14.0. The van der Waals surface area contributed by atoms with Crippen LogP contribution in [0.2, 0.25) is 0 Å². The van der Waals surface area contributed by atoms with E-state index in [1.807, 2.05) is 0 Å². The van der Waals surface area contributed by atoms with Crippen molar-refractivity contribution in [1.82, 2.24) is 20.4 Å². The average molecular weight is 313 g/mol. The second-order valence-corrected chi connectivity index (χ2v) is 4.54. The van der Waals surface area contributed by atoms with Gasteiger partial charge in [-0.2, -0.15) is 18.3 Å². The minimum absolute atomic E-state index is 0. The molecule has 0 aromatic carbocycles. The highest BCUT2D eigenvalue weighted by Gasteiger charge is 2.37. The molecular formula is C11H16ClF3N4O. The molecule has 2 N–H and O–H groups in total. The van der Waals surface area contributed by atoms with Gasteiger partial charge in [-0.1, -0.05) is 0 Å². The summed E-state index contributed by atoms with van der Waals surface area (Å²) in [5.74, 6) is -0.269. The number of nitrogens with one attached hydrogen (secondary N) is 2. The van der Waals surface area contributed by atoms with Crippen LogP contribution in [0.25, 0.3) is 0 Å². The van der Waals surface area contributed by atoms with Crippen molar-refractivity contribution in [3.05, 3.63) is 17.5 Å². The smallest absolute Gasteiger partial charge is 0.351 e. The Balaban J connectivity index is 0.00000200. The van der Waals surface area contributed by atoms with E-state index in [-0.39, 0.29) is 36.5 Å². The van der Waals surface area contributed by atoms with Crippen LogP contribution in [0.4, 0.5) is 13.2 Å². The van der Waals surface area contributed by atoms with Crippen LogP contribution in [0, 0.1) is 0 Å². The second-order valence-electron chi connectivity index (χ2n) is 4.54. The summed E-state index contributed by atoms with van der Waals surface area (Å²) in [6.07, 6.45) is -1.62. The Kier molecular flexibility index (Phi) is 5.41. The number of hydrogen-bond donors (Lipinski definition) is 2. The number of nitrogens with zero attached hydrogens (tertiary/aromatic N) is 2. The van der Waals surface area contributed by atoms with Crippen LogP contribution in [-0.2, 0) is 24.6 Å². The molecule has 1 aliphatic rings. The predicted molar refractivity (Wildman–Crippen MR) is 68.3 cm³/mol. The molecule has 5 nitrogen and oxygen atoms in total. The predicted octanol–water partition coefficient (Wildman–Crippen LogP) is 1.23. The van der Waals surface area contributed by atoms with E-state index in [1.165, 1.54) is 13.2 Å². The van der Waals surface area contributed by atoms with Crippen molar-refractivity contribution < 1.29 is 18.0 Å². The Hall–Kier alpha value is -1.28. The summed E-state index contributed by atoms with van der Waals surface area (Å²) in [6, 6.07) is -0.300. The lowest BCUT2D eigenvalue weighted by atomic mass is 10.2. The van der Waals surface area contributed by atoms with Gasteiger partial charge in [0, 0.05) is 25.4 Å². The summed E-state index contributed by atoms with van der Waals surface area (Å²) in [5.41, 5.74) is -0.976. The minimum Gasteiger partial charge on any atom is -0.351 e. The van der Waals surface area contributed by atoms with Crippen LogP contribution in [0.3, 0.4) is 0 Å². The zero-order valence-corrected chi connectivity index (χ0v) is 11.6. The number of aromatic nitrogens is 2. The van der Waals surface area contributed by atoms with Crippen molar-refractivity contribution in [3.8, 4) is 0 Å². The fourth-order valence-corrected chi connectivity index (χ4v) is 2.12. The van der Waals surface area contributed by atoms with Crippen LogP contribution in [0.5, 0.6) is 0 Å². The highest BCUT2D eigenvalue weighted by atomic mass is 35.5. The third-order valence-electron chi connectivity index (χ3n) is 3.00. The topological polar surface area (TPSA) is 59.0 Å². The maximum atomic E-state index is 12.7. The fourth-order valence-electron chi connectivity index (χ4n) is 2.12. The Bertz CT molecular complexity index is 469. The molecule has 114 valence electrons. The number of alkyl halides is 3. The van der Waals surface area contributed by atoms with E-state index < -0.39 is 11.9 Å². The van der Waals surface area contributed by atoms with Gasteiger partial charge in [-0.25, -0.2) is 0 Å². The van der Waals surface area contributed by atoms with E-state index in [0.29, 0.717) is 6.42 Å². The van der Waals surface area contributed by atoms with Gasteiger partial charge in [0.25, 0.3) is 0 Å². The van der Waals surface area contributed by atoms with Crippen molar-refractivity contribution >= 4 is 18.3 Å². The molecule has 0 spiro atoms. The Labute approximate surface area is 120 Å². The van der Waals surface area contributed by atoms with E-state index in [1.54, 1.807) is 0 Å². The summed E-state index contributed by atoms with van der Waals surface area (Å²) in [6.45, 7) is 0.596. The molecule has 1 unspecified atom stereocenters. The number of carbonyl (C=O) groups is 1. The third kappa shape index (κ3) is 3.86. The van der Waals surface area contributed by atoms with Gasteiger partial charge in [0.15, 0.2) is 5.69 Å². The van der Waals surface area contributed by atoms with Crippen LogP contribution in [0.15, 0.2) is 6.20 Å². The third-order valence-corrected chi connectivity index (χ3v) is 3.00. The number of aryl methyl sites for hydroxylation is 1. The molecule has 9 heteroatoms. The van der Waals surface area contributed by atoms with Crippen molar-refractivity contribution in [2.24, 2.45) is 7.05 Å². The summed E-state index contributed by atoms with van der Waals surface area (Å²) >= 11 is 0. The molecule has 1 aliphatic heterocycles. The van der Waals surface area contributed by atoms with Gasteiger partial charge in [-0.05, 0) is 19.4 Å². The van der Waals surface area contributed by atoms with E-state index >= 15 is 0 Å². The molecule has 0 bridgehead atoms. The van der Waals surface area contributed by atoms with Crippen molar-refractivity contribution in [1.29, 1.82) is 0 Å². The lowest BCUT2D eigenvalue weighted by Crippen LogP contribution is -2.40. The number of rotatable bonds is 3. The quantitative estimate of drug-likeness (QED) is 0.882. The van der Waals surface area contributed by atoms with Gasteiger partial charge in [0.1, 0.15) is 0 Å². The molecule has 1 saturated heterocycles. The largest absolute Gasteiger partial charge is 0.435 e. The van der Waals surface area contributed by atoms with E-state index in [4.69, 9.17) is 0 Å². The van der Waals surface area contributed by atoms with Gasteiger partial charge < -0.3 is 10.6 Å². The second kappa shape index (κ2) is 6.45. The van der Waals surface area contributed by atoms with Crippen molar-refractivity contribution in [2.45, 2.75) is 31.6 Å². The number of hydrogen-bond acceptors (Lipinski definition) is 3. The number of halogens is 4. The molecule has 1 aromatic rings. The molecular weight excluding hydrogens is 297 g/mol. The van der Waals surface area contributed by atoms with Crippen LogP contribution in [-0.4, -0.2) is 28.3 Å². The maximum Gasteiger partial charge on any atom is 0.435 e. The lowest BCUT2D eigenvalue weighted by Gasteiger charge is -2.11. The van der Waals surface area contributed by atoms with E-state index in [0.717, 1.165) is 17.6 Å².